The largest absolute Gasteiger partial charge is 0.492 e. The molecule has 0 aliphatic rings. The first-order valence-corrected chi connectivity index (χ1v) is 9.48. The number of carbonyl (C=O) groups is 1. The lowest BCUT2D eigenvalue weighted by atomic mass is 9.87. The van der Waals surface area contributed by atoms with Gasteiger partial charge in [-0.2, -0.15) is 0 Å². The number of hydrogen-bond acceptors (Lipinski definition) is 5. The summed E-state index contributed by atoms with van der Waals surface area (Å²) < 4.78 is 16.2. The molecule has 0 atom stereocenters. The molecule has 1 heterocycles. The lowest BCUT2D eigenvalue weighted by Gasteiger charge is -2.19. The summed E-state index contributed by atoms with van der Waals surface area (Å²) >= 11 is 0. The van der Waals surface area contributed by atoms with E-state index < -0.39 is 5.63 Å². The van der Waals surface area contributed by atoms with Crippen molar-refractivity contribution in [2.75, 3.05) is 19.8 Å². The number of hydrogen-bond donors (Lipinski definition) is 1. The highest BCUT2D eigenvalue weighted by Crippen LogP contribution is 2.24. The van der Waals surface area contributed by atoms with E-state index in [0.717, 1.165) is 11.1 Å². The maximum atomic E-state index is 11.9. The van der Waals surface area contributed by atoms with Crippen molar-refractivity contribution in [2.45, 2.75) is 26.2 Å². The van der Waals surface area contributed by atoms with E-state index in [1.165, 1.54) is 11.6 Å². The first kappa shape index (κ1) is 20.5. The van der Waals surface area contributed by atoms with Crippen LogP contribution < -0.4 is 20.4 Å². The van der Waals surface area contributed by atoms with Gasteiger partial charge < -0.3 is 19.2 Å². The normalized spacial score (nSPS) is 11.3. The fourth-order valence-corrected chi connectivity index (χ4v) is 2.74. The molecule has 0 saturated carbocycles. The van der Waals surface area contributed by atoms with Crippen LogP contribution in [0.15, 0.2) is 63.8 Å². The van der Waals surface area contributed by atoms with E-state index in [0.29, 0.717) is 24.5 Å². The Labute approximate surface area is 169 Å². The van der Waals surface area contributed by atoms with Gasteiger partial charge in [-0.15, -0.1) is 0 Å². The second-order valence-corrected chi connectivity index (χ2v) is 7.72. The van der Waals surface area contributed by atoms with Crippen LogP contribution in [0.3, 0.4) is 0 Å². The van der Waals surface area contributed by atoms with Crippen molar-refractivity contribution in [2.24, 2.45) is 0 Å². The lowest BCUT2D eigenvalue weighted by Crippen LogP contribution is -2.32. The van der Waals surface area contributed by atoms with Crippen molar-refractivity contribution in [3.63, 3.8) is 0 Å². The Morgan fingerprint density at radius 2 is 1.66 bits per heavy atom. The Morgan fingerprint density at radius 3 is 2.38 bits per heavy atom. The number of benzene rings is 2. The van der Waals surface area contributed by atoms with Gasteiger partial charge in [0, 0.05) is 17.5 Å². The van der Waals surface area contributed by atoms with Crippen LogP contribution in [0, 0.1) is 0 Å². The van der Waals surface area contributed by atoms with Crippen LogP contribution in [-0.2, 0) is 10.2 Å². The van der Waals surface area contributed by atoms with E-state index in [-0.39, 0.29) is 17.9 Å². The monoisotopic (exact) mass is 395 g/mol. The van der Waals surface area contributed by atoms with E-state index in [1.807, 2.05) is 24.3 Å². The highest BCUT2D eigenvalue weighted by atomic mass is 16.5. The van der Waals surface area contributed by atoms with Gasteiger partial charge in [0.2, 0.25) is 0 Å². The van der Waals surface area contributed by atoms with Crippen LogP contribution in [0.25, 0.3) is 11.0 Å². The van der Waals surface area contributed by atoms with E-state index in [9.17, 15) is 9.59 Å². The molecule has 2 aromatic carbocycles. The van der Waals surface area contributed by atoms with Crippen molar-refractivity contribution in [1.29, 1.82) is 0 Å². The fraction of sp³-hybridized carbons (Fsp3) is 0.304. The van der Waals surface area contributed by atoms with Crippen LogP contribution in [0.2, 0.25) is 0 Å². The molecule has 0 unspecified atom stereocenters. The Hall–Kier alpha value is -3.28. The summed E-state index contributed by atoms with van der Waals surface area (Å²) in [5.74, 6) is 0.963. The van der Waals surface area contributed by atoms with Crippen molar-refractivity contribution in [3.8, 4) is 11.5 Å². The third-order valence-corrected chi connectivity index (χ3v) is 4.38. The molecule has 1 N–H and O–H groups in total. The molecule has 0 saturated heterocycles. The molecule has 3 aromatic rings. The van der Waals surface area contributed by atoms with E-state index >= 15 is 0 Å². The molecule has 1 amide bonds. The molecule has 152 valence electrons. The van der Waals surface area contributed by atoms with Gasteiger partial charge in [-0.05, 0) is 41.3 Å². The molecular weight excluding hydrogens is 370 g/mol. The molecule has 0 spiro atoms. The molecule has 0 aliphatic carbocycles. The Bertz CT molecular complexity index is 1030. The van der Waals surface area contributed by atoms with E-state index in [2.05, 4.69) is 26.1 Å². The third-order valence-electron chi connectivity index (χ3n) is 4.38. The highest BCUT2D eigenvalue weighted by Gasteiger charge is 2.13. The molecular formula is C23H25NO5. The Morgan fingerprint density at radius 1 is 0.966 bits per heavy atom. The number of amides is 1. The van der Waals surface area contributed by atoms with Crippen molar-refractivity contribution < 1.29 is 18.7 Å². The van der Waals surface area contributed by atoms with Gasteiger partial charge in [-0.3, -0.25) is 4.79 Å². The van der Waals surface area contributed by atoms with Crippen molar-refractivity contribution in [3.05, 3.63) is 70.6 Å². The molecule has 0 aliphatic heterocycles. The van der Waals surface area contributed by atoms with Crippen LogP contribution in [-0.4, -0.2) is 25.7 Å². The summed E-state index contributed by atoms with van der Waals surface area (Å²) in [5.41, 5.74) is 1.33. The summed E-state index contributed by atoms with van der Waals surface area (Å²) in [6.07, 6.45) is 0. The predicted octanol–water partition coefficient (Wildman–Crippen LogP) is 3.66. The van der Waals surface area contributed by atoms with Crippen molar-refractivity contribution >= 4 is 16.9 Å². The average Bonchev–Trinajstić information content (AvgIpc) is 2.69. The zero-order chi connectivity index (χ0) is 20.9. The van der Waals surface area contributed by atoms with Gasteiger partial charge in [-0.1, -0.05) is 32.9 Å². The average molecular weight is 395 g/mol. The zero-order valence-electron chi connectivity index (χ0n) is 16.9. The molecule has 1 aromatic heterocycles. The highest BCUT2D eigenvalue weighted by molar-refractivity contribution is 5.79. The first-order valence-electron chi connectivity index (χ1n) is 9.48. The van der Waals surface area contributed by atoms with E-state index in [1.54, 1.807) is 24.3 Å². The predicted molar refractivity (Wildman–Crippen MR) is 112 cm³/mol. The van der Waals surface area contributed by atoms with Gasteiger partial charge in [0.15, 0.2) is 6.61 Å². The van der Waals surface area contributed by atoms with Gasteiger partial charge in [0.05, 0.1) is 6.54 Å². The molecule has 3 rings (SSSR count). The topological polar surface area (TPSA) is 77.8 Å². The molecule has 6 heteroatoms. The second-order valence-electron chi connectivity index (χ2n) is 7.72. The molecule has 0 bridgehead atoms. The number of rotatable bonds is 7. The molecule has 29 heavy (non-hydrogen) atoms. The van der Waals surface area contributed by atoms with Gasteiger partial charge in [-0.25, -0.2) is 4.79 Å². The van der Waals surface area contributed by atoms with Crippen LogP contribution >= 0.6 is 0 Å². The van der Waals surface area contributed by atoms with Crippen molar-refractivity contribution in [1.82, 2.24) is 5.32 Å². The number of ether oxygens (including phenoxy) is 2. The smallest absolute Gasteiger partial charge is 0.336 e. The summed E-state index contributed by atoms with van der Waals surface area (Å²) in [6, 6.07) is 16.1. The summed E-state index contributed by atoms with van der Waals surface area (Å²) in [5, 5.41) is 3.53. The van der Waals surface area contributed by atoms with Gasteiger partial charge >= 0.3 is 5.63 Å². The zero-order valence-corrected chi connectivity index (χ0v) is 16.9. The second kappa shape index (κ2) is 8.82. The number of fused-ring (bicyclic) bond motifs is 1. The summed E-state index contributed by atoms with van der Waals surface area (Å²) in [7, 11) is 0. The lowest BCUT2D eigenvalue weighted by molar-refractivity contribution is -0.123. The van der Waals surface area contributed by atoms with Crippen LogP contribution in [0.1, 0.15) is 26.3 Å². The minimum Gasteiger partial charge on any atom is -0.492 e. The molecule has 0 radical (unpaired) electrons. The fourth-order valence-electron chi connectivity index (χ4n) is 2.74. The van der Waals surface area contributed by atoms with Crippen LogP contribution in [0.4, 0.5) is 0 Å². The first-order chi connectivity index (χ1) is 13.8. The molecule has 0 fully saturated rings. The SMILES string of the molecule is CC(C)(C)c1ccc(OCCNC(=O)COc2ccc3ccc(=O)oc3c2)cc1. The summed E-state index contributed by atoms with van der Waals surface area (Å²) in [4.78, 5) is 23.2. The Kier molecular flexibility index (Phi) is 6.22. The summed E-state index contributed by atoms with van der Waals surface area (Å²) in [6.45, 7) is 7.08. The maximum Gasteiger partial charge on any atom is 0.336 e. The van der Waals surface area contributed by atoms with E-state index in [4.69, 9.17) is 13.9 Å². The number of carbonyl (C=O) groups excluding carboxylic acids is 1. The van der Waals surface area contributed by atoms with Gasteiger partial charge in [0.1, 0.15) is 23.7 Å². The number of nitrogens with one attached hydrogen (secondary N) is 1. The van der Waals surface area contributed by atoms with Gasteiger partial charge in [0.25, 0.3) is 5.91 Å². The maximum absolute atomic E-state index is 11.9. The minimum absolute atomic E-state index is 0.100. The third kappa shape index (κ3) is 5.85. The van der Waals surface area contributed by atoms with Crippen LogP contribution in [0.5, 0.6) is 11.5 Å². The Balaban J connectivity index is 1.40. The quantitative estimate of drug-likeness (QED) is 0.488. The molecule has 6 nitrogen and oxygen atoms in total. The standard InChI is InChI=1S/C23H25NO5/c1-23(2,3)17-6-9-18(10-7-17)27-13-12-24-21(25)15-28-19-8-4-16-5-11-22(26)29-20(16)14-19/h4-11,14H,12-13,15H2,1-3H3,(H,24,25). The minimum atomic E-state index is -0.430.